The number of ether oxygens (including phenoxy) is 3. The molecule has 0 radical (unpaired) electrons. The molecule has 0 heterocycles. The van der Waals surface area contributed by atoms with Gasteiger partial charge in [-0.1, -0.05) is 39.5 Å². The normalized spacial score (nSPS) is 16.0. The smallest absolute Gasteiger partial charge is 0.0784 e. The first-order valence-electron chi connectivity index (χ1n) is 9.02. The summed E-state index contributed by atoms with van der Waals surface area (Å²) in [6.45, 7) is 11.5. The minimum Gasteiger partial charge on any atom is -0.394 e. The average Bonchev–Trinajstić information content (AvgIpc) is 2.52. The van der Waals surface area contributed by atoms with Gasteiger partial charge in [-0.05, 0) is 33.6 Å². The highest BCUT2D eigenvalue weighted by molar-refractivity contribution is 4.62. The zero-order valence-electron chi connectivity index (χ0n) is 15.3. The third kappa shape index (κ3) is 12.4. The van der Waals surface area contributed by atoms with E-state index in [1.807, 2.05) is 13.8 Å². The molecule has 4 heteroatoms. The van der Waals surface area contributed by atoms with Crippen LogP contribution in [0.2, 0.25) is 0 Å². The standard InChI is InChI=1S/C18H38O4/c1-6-8-10-18(11-9-7-2)22-17(5)14-21-16(4)13-20-15(3)12-19/h15-19H,6-14H2,1-5H3. The molecule has 0 amide bonds. The van der Waals surface area contributed by atoms with Gasteiger partial charge in [0.1, 0.15) is 0 Å². The topological polar surface area (TPSA) is 47.9 Å². The van der Waals surface area contributed by atoms with E-state index in [4.69, 9.17) is 19.3 Å². The Morgan fingerprint density at radius 3 is 1.77 bits per heavy atom. The van der Waals surface area contributed by atoms with Gasteiger partial charge >= 0.3 is 0 Å². The van der Waals surface area contributed by atoms with Crippen molar-refractivity contribution in [1.82, 2.24) is 0 Å². The molecule has 1 N–H and O–H groups in total. The summed E-state index contributed by atoms with van der Waals surface area (Å²) in [6, 6.07) is 0. The number of hydrogen-bond donors (Lipinski definition) is 1. The number of aliphatic hydroxyl groups excluding tert-OH is 1. The molecule has 3 atom stereocenters. The molecule has 134 valence electrons. The van der Waals surface area contributed by atoms with E-state index in [0.29, 0.717) is 19.3 Å². The summed E-state index contributed by atoms with van der Waals surface area (Å²) in [5, 5.41) is 8.92. The lowest BCUT2D eigenvalue weighted by atomic mass is 10.1. The van der Waals surface area contributed by atoms with Crippen molar-refractivity contribution in [2.45, 2.75) is 97.6 Å². The van der Waals surface area contributed by atoms with E-state index in [2.05, 4.69) is 20.8 Å². The predicted octanol–water partition coefficient (Wildman–Crippen LogP) is 3.94. The van der Waals surface area contributed by atoms with Crippen LogP contribution in [0, 0.1) is 0 Å². The Hall–Kier alpha value is -0.160. The van der Waals surface area contributed by atoms with E-state index in [-0.39, 0.29) is 24.9 Å². The lowest BCUT2D eigenvalue weighted by Crippen LogP contribution is -2.28. The molecule has 0 saturated carbocycles. The maximum Gasteiger partial charge on any atom is 0.0784 e. The Bertz CT molecular complexity index is 227. The van der Waals surface area contributed by atoms with Gasteiger partial charge in [0, 0.05) is 0 Å². The van der Waals surface area contributed by atoms with Gasteiger partial charge in [-0.15, -0.1) is 0 Å². The lowest BCUT2D eigenvalue weighted by Gasteiger charge is -2.24. The van der Waals surface area contributed by atoms with Gasteiger partial charge in [0.05, 0.1) is 44.2 Å². The summed E-state index contributed by atoms with van der Waals surface area (Å²) in [5.41, 5.74) is 0. The van der Waals surface area contributed by atoms with Gasteiger partial charge in [0.2, 0.25) is 0 Å². The Labute approximate surface area is 137 Å². The minimum absolute atomic E-state index is 0.0183. The van der Waals surface area contributed by atoms with Crippen LogP contribution in [-0.2, 0) is 14.2 Å². The van der Waals surface area contributed by atoms with Crippen LogP contribution in [0.1, 0.15) is 73.1 Å². The largest absolute Gasteiger partial charge is 0.394 e. The van der Waals surface area contributed by atoms with Gasteiger partial charge in [-0.2, -0.15) is 0 Å². The van der Waals surface area contributed by atoms with Gasteiger partial charge in [0.15, 0.2) is 0 Å². The second-order valence-corrected chi connectivity index (χ2v) is 6.32. The highest BCUT2D eigenvalue weighted by atomic mass is 16.6. The molecule has 3 unspecified atom stereocenters. The van der Waals surface area contributed by atoms with E-state index < -0.39 is 0 Å². The zero-order chi connectivity index (χ0) is 16.8. The quantitative estimate of drug-likeness (QED) is 0.497. The predicted molar refractivity (Wildman–Crippen MR) is 91.3 cm³/mol. The molecule has 0 aromatic rings. The van der Waals surface area contributed by atoms with Crippen molar-refractivity contribution in [2.75, 3.05) is 19.8 Å². The molecule has 0 aliphatic carbocycles. The van der Waals surface area contributed by atoms with Crippen LogP contribution >= 0.6 is 0 Å². The molecule has 0 rings (SSSR count). The fourth-order valence-electron chi connectivity index (χ4n) is 2.21. The summed E-state index contributed by atoms with van der Waals surface area (Å²) in [6.07, 6.45) is 7.54. The van der Waals surface area contributed by atoms with Gasteiger partial charge in [-0.25, -0.2) is 0 Å². The molecule has 0 aromatic heterocycles. The highest BCUT2D eigenvalue weighted by Crippen LogP contribution is 2.15. The maximum absolute atomic E-state index is 8.92. The van der Waals surface area contributed by atoms with Crippen LogP contribution < -0.4 is 0 Å². The fraction of sp³-hybridized carbons (Fsp3) is 1.00. The second-order valence-electron chi connectivity index (χ2n) is 6.32. The van der Waals surface area contributed by atoms with E-state index in [1.165, 1.54) is 25.7 Å². The summed E-state index contributed by atoms with van der Waals surface area (Å²) in [4.78, 5) is 0. The Morgan fingerprint density at radius 2 is 1.27 bits per heavy atom. The van der Waals surface area contributed by atoms with E-state index >= 15 is 0 Å². The third-order valence-electron chi connectivity index (χ3n) is 3.67. The number of rotatable bonds is 15. The SMILES string of the molecule is CCCCC(CCCC)OC(C)COC(C)COC(C)CO. The molecule has 4 nitrogen and oxygen atoms in total. The van der Waals surface area contributed by atoms with Crippen LogP contribution in [0.3, 0.4) is 0 Å². The van der Waals surface area contributed by atoms with Crippen LogP contribution in [0.4, 0.5) is 0 Å². The molecular formula is C18H38O4. The number of aliphatic hydroxyl groups is 1. The fourth-order valence-corrected chi connectivity index (χ4v) is 2.21. The monoisotopic (exact) mass is 318 g/mol. The Balaban J connectivity index is 3.92. The Morgan fingerprint density at radius 1 is 0.773 bits per heavy atom. The third-order valence-corrected chi connectivity index (χ3v) is 3.67. The minimum atomic E-state index is -0.132. The highest BCUT2D eigenvalue weighted by Gasteiger charge is 2.14. The Kier molecular flexibility index (Phi) is 14.3. The molecule has 22 heavy (non-hydrogen) atoms. The molecule has 0 aromatic carbocycles. The van der Waals surface area contributed by atoms with Gasteiger partial charge in [-0.3, -0.25) is 0 Å². The summed E-state index contributed by atoms with van der Waals surface area (Å²) < 4.78 is 17.4. The summed E-state index contributed by atoms with van der Waals surface area (Å²) >= 11 is 0. The first kappa shape index (κ1) is 21.8. The van der Waals surface area contributed by atoms with E-state index in [9.17, 15) is 0 Å². The number of hydrogen-bond acceptors (Lipinski definition) is 4. The van der Waals surface area contributed by atoms with E-state index in [1.54, 1.807) is 0 Å². The molecule has 0 saturated heterocycles. The molecule has 0 fully saturated rings. The first-order chi connectivity index (χ1) is 10.5. The summed E-state index contributed by atoms with van der Waals surface area (Å²) in [7, 11) is 0. The number of unbranched alkanes of at least 4 members (excludes halogenated alkanes) is 2. The van der Waals surface area contributed by atoms with Crippen molar-refractivity contribution in [1.29, 1.82) is 0 Å². The molecule has 0 bridgehead atoms. The lowest BCUT2D eigenvalue weighted by molar-refractivity contribution is -0.0924. The molecule has 0 aliphatic rings. The maximum atomic E-state index is 8.92. The van der Waals surface area contributed by atoms with Crippen LogP contribution in [0.15, 0.2) is 0 Å². The van der Waals surface area contributed by atoms with Crippen molar-refractivity contribution >= 4 is 0 Å². The van der Waals surface area contributed by atoms with Gasteiger partial charge in [0.25, 0.3) is 0 Å². The van der Waals surface area contributed by atoms with Crippen molar-refractivity contribution in [2.24, 2.45) is 0 Å². The summed E-state index contributed by atoms with van der Waals surface area (Å²) in [5.74, 6) is 0. The molecule has 0 spiro atoms. The van der Waals surface area contributed by atoms with Crippen LogP contribution in [0.25, 0.3) is 0 Å². The second kappa shape index (κ2) is 14.4. The molecule has 0 aliphatic heterocycles. The average molecular weight is 318 g/mol. The van der Waals surface area contributed by atoms with Gasteiger partial charge < -0.3 is 19.3 Å². The zero-order valence-corrected chi connectivity index (χ0v) is 15.3. The van der Waals surface area contributed by atoms with Crippen molar-refractivity contribution in [3.63, 3.8) is 0 Å². The van der Waals surface area contributed by atoms with Crippen LogP contribution in [0.5, 0.6) is 0 Å². The molecular weight excluding hydrogens is 280 g/mol. The van der Waals surface area contributed by atoms with Crippen molar-refractivity contribution in [3.05, 3.63) is 0 Å². The van der Waals surface area contributed by atoms with Crippen molar-refractivity contribution < 1.29 is 19.3 Å². The van der Waals surface area contributed by atoms with Crippen molar-refractivity contribution in [3.8, 4) is 0 Å². The first-order valence-corrected chi connectivity index (χ1v) is 9.02. The van der Waals surface area contributed by atoms with E-state index in [0.717, 1.165) is 12.8 Å². The van der Waals surface area contributed by atoms with Crippen LogP contribution in [-0.4, -0.2) is 49.3 Å².